The topological polar surface area (TPSA) is 63.1 Å². The summed E-state index contributed by atoms with van der Waals surface area (Å²) in [5.41, 5.74) is 5.21. The van der Waals surface area contributed by atoms with Crippen molar-refractivity contribution in [3.05, 3.63) is 82.9 Å². The molecule has 6 nitrogen and oxygen atoms in total. The monoisotopic (exact) mass is 389 g/mol. The minimum atomic E-state index is -0.0134. The van der Waals surface area contributed by atoms with Crippen LogP contribution in [0.1, 0.15) is 39.3 Å². The zero-order valence-corrected chi connectivity index (χ0v) is 17.0. The van der Waals surface area contributed by atoms with Crippen molar-refractivity contribution in [3.63, 3.8) is 0 Å². The number of nitrogens with one attached hydrogen (secondary N) is 1. The van der Waals surface area contributed by atoms with E-state index in [-0.39, 0.29) is 5.91 Å². The maximum absolute atomic E-state index is 13.1. The van der Waals surface area contributed by atoms with Gasteiger partial charge in [0.05, 0.1) is 0 Å². The highest BCUT2D eigenvalue weighted by Crippen LogP contribution is 2.25. The Morgan fingerprint density at radius 2 is 1.93 bits per heavy atom. The number of benzene rings is 1. The molecule has 1 aliphatic rings. The normalized spacial score (nSPS) is 15.7. The molecule has 2 aromatic heterocycles. The second-order valence-corrected chi connectivity index (χ2v) is 7.72. The quantitative estimate of drug-likeness (QED) is 0.704. The van der Waals surface area contributed by atoms with Crippen molar-refractivity contribution in [2.45, 2.75) is 38.4 Å². The zero-order valence-electron chi connectivity index (χ0n) is 17.0. The van der Waals surface area contributed by atoms with Crippen LogP contribution in [-0.4, -0.2) is 38.7 Å². The number of nitrogens with zero attached hydrogens (tertiary/aromatic N) is 4. The Morgan fingerprint density at radius 1 is 1.17 bits per heavy atom. The van der Waals surface area contributed by atoms with Crippen LogP contribution in [0.15, 0.2) is 54.9 Å². The second kappa shape index (κ2) is 8.57. The molecule has 1 unspecified atom stereocenters. The summed E-state index contributed by atoms with van der Waals surface area (Å²) < 4.78 is 1.89. The first-order valence-electron chi connectivity index (χ1n) is 10.1. The van der Waals surface area contributed by atoms with Crippen LogP contribution in [0.5, 0.6) is 0 Å². The Labute approximate surface area is 171 Å². The molecule has 29 heavy (non-hydrogen) atoms. The van der Waals surface area contributed by atoms with E-state index in [1.165, 1.54) is 11.3 Å². The second-order valence-electron chi connectivity index (χ2n) is 7.72. The predicted molar refractivity (Wildman–Crippen MR) is 112 cm³/mol. The first-order chi connectivity index (χ1) is 14.1. The standard InChI is InChI=1S/C23H27N5O/c1-27(16-18-6-4-3-5-7-18)23(29)22-20-14-19(8-9-21(20)28(2)26-22)25-15-17-10-12-24-13-11-17/h3-7,10-13,19,25H,8-9,14-16H2,1-2H3. The van der Waals surface area contributed by atoms with Crippen molar-refractivity contribution < 1.29 is 4.79 Å². The van der Waals surface area contributed by atoms with Gasteiger partial charge in [-0.2, -0.15) is 5.10 Å². The third kappa shape index (κ3) is 4.38. The van der Waals surface area contributed by atoms with Gasteiger partial charge in [-0.15, -0.1) is 0 Å². The van der Waals surface area contributed by atoms with E-state index >= 15 is 0 Å². The molecule has 150 valence electrons. The van der Waals surface area contributed by atoms with E-state index in [0.29, 0.717) is 18.3 Å². The molecule has 6 heteroatoms. The Hall–Kier alpha value is -2.99. The average molecular weight is 390 g/mol. The number of rotatable bonds is 6. The molecule has 0 saturated carbocycles. The van der Waals surface area contributed by atoms with E-state index in [9.17, 15) is 4.79 Å². The molecule has 2 heterocycles. The first-order valence-corrected chi connectivity index (χ1v) is 10.1. The van der Waals surface area contributed by atoms with Crippen LogP contribution in [-0.2, 0) is 33.0 Å². The lowest BCUT2D eigenvalue weighted by Gasteiger charge is -2.25. The highest BCUT2D eigenvalue weighted by molar-refractivity contribution is 5.94. The van der Waals surface area contributed by atoms with Gasteiger partial charge in [0, 0.05) is 56.9 Å². The number of carbonyl (C=O) groups excluding carboxylic acids is 1. The summed E-state index contributed by atoms with van der Waals surface area (Å²) >= 11 is 0. The largest absolute Gasteiger partial charge is 0.336 e. The lowest BCUT2D eigenvalue weighted by atomic mass is 9.91. The maximum atomic E-state index is 13.1. The van der Waals surface area contributed by atoms with Crippen LogP contribution in [0.3, 0.4) is 0 Å². The van der Waals surface area contributed by atoms with E-state index in [4.69, 9.17) is 0 Å². The smallest absolute Gasteiger partial charge is 0.274 e. The van der Waals surface area contributed by atoms with Gasteiger partial charge in [-0.1, -0.05) is 30.3 Å². The summed E-state index contributed by atoms with van der Waals surface area (Å²) in [6.07, 6.45) is 6.44. The fourth-order valence-electron chi connectivity index (χ4n) is 4.01. The van der Waals surface area contributed by atoms with Crippen molar-refractivity contribution in [2.24, 2.45) is 7.05 Å². The molecule has 1 aliphatic carbocycles. The summed E-state index contributed by atoms with van der Waals surface area (Å²) in [7, 11) is 3.79. The third-order valence-electron chi connectivity index (χ3n) is 5.61. The van der Waals surface area contributed by atoms with Gasteiger partial charge in [0.25, 0.3) is 5.91 Å². The van der Waals surface area contributed by atoms with Crippen molar-refractivity contribution >= 4 is 5.91 Å². The van der Waals surface area contributed by atoms with Crippen LogP contribution in [0.2, 0.25) is 0 Å². The predicted octanol–water partition coefficient (Wildman–Crippen LogP) is 2.73. The van der Waals surface area contributed by atoms with Crippen molar-refractivity contribution in [1.82, 2.24) is 25.0 Å². The maximum Gasteiger partial charge on any atom is 0.274 e. The van der Waals surface area contributed by atoms with Crippen LogP contribution < -0.4 is 5.32 Å². The Kier molecular flexibility index (Phi) is 5.71. The minimum absolute atomic E-state index is 0.0134. The molecule has 1 N–H and O–H groups in total. The van der Waals surface area contributed by atoms with E-state index in [1.807, 2.05) is 73.6 Å². The minimum Gasteiger partial charge on any atom is -0.336 e. The molecule has 0 fully saturated rings. The average Bonchev–Trinajstić information content (AvgIpc) is 3.09. The molecule has 0 spiro atoms. The number of hydrogen-bond acceptors (Lipinski definition) is 4. The highest BCUT2D eigenvalue weighted by atomic mass is 16.2. The van der Waals surface area contributed by atoms with Crippen LogP contribution >= 0.6 is 0 Å². The summed E-state index contributed by atoms with van der Waals surface area (Å²) in [4.78, 5) is 19.0. The van der Waals surface area contributed by atoms with Gasteiger partial charge in [0.2, 0.25) is 0 Å². The molecule has 0 aliphatic heterocycles. The van der Waals surface area contributed by atoms with Crippen LogP contribution in [0.4, 0.5) is 0 Å². The molecule has 0 saturated heterocycles. The van der Waals surface area contributed by atoms with E-state index in [0.717, 1.165) is 36.9 Å². The summed E-state index contributed by atoms with van der Waals surface area (Å²) in [6, 6.07) is 14.4. The van der Waals surface area contributed by atoms with E-state index < -0.39 is 0 Å². The molecule has 0 bridgehead atoms. The molecule has 0 radical (unpaired) electrons. The van der Waals surface area contributed by atoms with Gasteiger partial charge < -0.3 is 10.2 Å². The summed E-state index contributed by atoms with van der Waals surface area (Å²) in [5.74, 6) is -0.0134. The highest BCUT2D eigenvalue weighted by Gasteiger charge is 2.29. The van der Waals surface area contributed by atoms with Crippen LogP contribution in [0, 0.1) is 0 Å². The van der Waals surface area contributed by atoms with Crippen molar-refractivity contribution in [2.75, 3.05) is 7.05 Å². The van der Waals surface area contributed by atoms with E-state index in [2.05, 4.69) is 15.4 Å². The SMILES string of the molecule is CN(Cc1ccccc1)C(=O)c1nn(C)c2c1CC(NCc1ccncc1)CC2. The Morgan fingerprint density at radius 3 is 2.69 bits per heavy atom. The molecule has 1 aromatic carbocycles. The van der Waals surface area contributed by atoms with Crippen molar-refractivity contribution in [3.8, 4) is 0 Å². The molecule has 1 atom stereocenters. The van der Waals surface area contributed by atoms with Gasteiger partial charge in [0.15, 0.2) is 5.69 Å². The third-order valence-corrected chi connectivity index (χ3v) is 5.61. The molecule has 4 rings (SSSR count). The molecular weight excluding hydrogens is 362 g/mol. The number of aromatic nitrogens is 3. The fourth-order valence-corrected chi connectivity index (χ4v) is 4.01. The lowest BCUT2D eigenvalue weighted by Crippen LogP contribution is -2.35. The molecule has 1 amide bonds. The van der Waals surface area contributed by atoms with Gasteiger partial charge in [-0.3, -0.25) is 14.5 Å². The summed E-state index contributed by atoms with van der Waals surface area (Å²) in [6.45, 7) is 1.38. The molecule has 3 aromatic rings. The van der Waals surface area contributed by atoms with Crippen molar-refractivity contribution in [1.29, 1.82) is 0 Å². The summed E-state index contributed by atoms with van der Waals surface area (Å²) in [5, 5.41) is 8.23. The Balaban J connectivity index is 1.46. The number of hydrogen-bond donors (Lipinski definition) is 1. The first kappa shape index (κ1) is 19.3. The number of aryl methyl sites for hydroxylation is 1. The number of fused-ring (bicyclic) bond motifs is 1. The number of carbonyl (C=O) groups is 1. The molecular formula is C23H27N5O. The van der Waals surface area contributed by atoms with Gasteiger partial charge >= 0.3 is 0 Å². The van der Waals surface area contributed by atoms with E-state index in [1.54, 1.807) is 4.90 Å². The zero-order chi connectivity index (χ0) is 20.2. The van der Waals surface area contributed by atoms with Gasteiger partial charge in [0.1, 0.15) is 0 Å². The number of amides is 1. The Bertz CT molecular complexity index is 968. The fraction of sp³-hybridized carbons (Fsp3) is 0.348. The number of pyridine rings is 1. The van der Waals surface area contributed by atoms with Gasteiger partial charge in [-0.25, -0.2) is 0 Å². The van der Waals surface area contributed by atoms with Crippen LogP contribution in [0.25, 0.3) is 0 Å². The van der Waals surface area contributed by atoms with Gasteiger partial charge in [-0.05, 0) is 42.5 Å². The lowest BCUT2D eigenvalue weighted by molar-refractivity contribution is 0.0777.